The van der Waals surface area contributed by atoms with Crippen LogP contribution in [0.4, 0.5) is 26.3 Å². The summed E-state index contributed by atoms with van der Waals surface area (Å²) in [5.41, 5.74) is -4.90. The van der Waals surface area contributed by atoms with Gasteiger partial charge in [0.05, 0.1) is 23.4 Å². The van der Waals surface area contributed by atoms with Crippen molar-refractivity contribution in [2.24, 2.45) is 10.8 Å². The standard InChI is InChI=1S/C26H26F6N8O3/c1-14(40-7-2-17(36-40)23(3-4-23)25(27,28)29)19-35-18(37-43-19)16-10-38(20(41)15-8-33-34-9-15)11-22(16)12-39(13-22)21(42)24(5-6-24)26(30,31)32/h2,7-9,14,16H,3-6,10-13H2,1H3,(H,33,34). The fourth-order valence-electron chi connectivity index (χ4n) is 6.54. The molecule has 0 aromatic carbocycles. The van der Waals surface area contributed by atoms with Crippen LogP contribution in [0.1, 0.15) is 72.3 Å². The quantitative estimate of drug-likeness (QED) is 0.422. The fourth-order valence-corrected chi connectivity index (χ4v) is 6.54. The number of nitrogens with one attached hydrogen (secondary N) is 1. The molecule has 11 nitrogen and oxygen atoms in total. The second kappa shape index (κ2) is 8.81. The van der Waals surface area contributed by atoms with Crippen LogP contribution in [0.25, 0.3) is 0 Å². The van der Waals surface area contributed by atoms with E-state index >= 15 is 0 Å². The number of hydrogen-bond acceptors (Lipinski definition) is 7. The zero-order valence-electron chi connectivity index (χ0n) is 22.7. The van der Waals surface area contributed by atoms with E-state index in [1.165, 1.54) is 39.1 Å². The van der Waals surface area contributed by atoms with Gasteiger partial charge >= 0.3 is 12.4 Å². The highest BCUT2D eigenvalue weighted by Gasteiger charge is 2.71. The molecular weight excluding hydrogens is 586 g/mol. The lowest BCUT2D eigenvalue weighted by Gasteiger charge is -2.51. The number of aromatic amines is 1. The Hall–Kier alpha value is -3.92. The second-order valence-corrected chi connectivity index (χ2v) is 12.3. The first-order chi connectivity index (χ1) is 20.2. The molecule has 4 aliphatic rings. The highest BCUT2D eigenvalue weighted by Crippen LogP contribution is 2.61. The van der Waals surface area contributed by atoms with E-state index < -0.39 is 46.5 Å². The Morgan fingerprint density at radius 1 is 1.05 bits per heavy atom. The number of amides is 2. The van der Waals surface area contributed by atoms with E-state index in [1.807, 2.05) is 0 Å². The van der Waals surface area contributed by atoms with Crippen LogP contribution in [0.3, 0.4) is 0 Å². The molecule has 0 radical (unpaired) electrons. The first-order valence-corrected chi connectivity index (χ1v) is 13.8. The predicted octanol–water partition coefficient (Wildman–Crippen LogP) is 3.60. The van der Waals surface area contributed by atoms with Crippen LogP contribution in [0.15, 0.2) is 29.2 Å². The molecule has 2 unspecified atom stereocenters. The van der Waals surface area contributed by atoms with Gasteiger partial charge in [-0.3, -0.25) is 19.4 Å². The van der Waals surface area contributed by atoms with Crippen molar-refractivity contribution in [2.75, 3.05) is 26.2 Å². The van der Waals surface area contributed by atoms with Crippen LogP contribution in [-0.2, 0) is 10.2 Å². The smallest absolute Gasteiger partial charge is 0.340 e. The van der Waals surface area contributed by atoms with Crippen molar-refractivity contribution in [3.63, 3.8) is 0 Å². The first kappa shape index (κ1) is 27.9. The molecular formula is C26H26F6N8O3. The van der Waals surface area contributed by atoms with E-state index in [0.29, 0.717) is 5.56 Å². The van der Waals surface area contributed by atoms with Crippen LogP contribution < -0.4 is 0 Å². The molecule has 1 spiro atoms. The Morgan fingerprint density at radius 2 is 1.74 bits per heavy atom. The van der Waals surface area contributed by atoms with Gasteiger partial charge < -0.3 is 14.3 Å². The van der Waals surface area contributed by atoms with Gasteiger partial charge in [-0.2, -0.15) is 41.5 Å². The molecule has 1 N–H and O–H groups in total. The molecule has 43 heavy (non-hydrogen) atoms. The first-order valence-electron chi connectivity index (χ1n) is 13.8. The highest BCUT2D eigenvalue weighted by molar-refractivity contribution is 5.94. The molecule has 4 fully saturated rings. The van der Waals surface area contributed by atoms with Gasteiger partial charge in [0.25, 0.3) is 11.8 Å². The van der Waals surface area contributed by atoms with Crippen molar-refractivity contribution >= 4 is 11.8 Å². The molecule has 2 atom stereocenters. The van der Waals surface area contributed by atoms with Gasteiger partial charge in [0.1, 0.15) is 16.9 Å². The number of rotatable bonds is 6. The molecule has 17 heteroatoms. The summed E-state index contributed by atoms with van der Waals surface area (Å²) in [7, 11) is 0. The number of nitrogens with zero attached hydrogens (tertiary/aromatic N) is 7. The van der Waals surface area contributed by atoms with Gasteiger partial charge in [0, 0.05) is 44.0 Å². The van der Waals surface area contributed by atoms with Crippen molar-refractivity contribution in [1.82, 2.24) is 39.9 Å². The lowest BCUT2D eigenvalue weighted by molar-refractivity contribution is -0.204. The van der Waals surface area contributed by atoms with E-state index in [-0.39, 0.29) is 75.2 Å². The summed E-state index contributed by atoms with van der Waals surface area (Å²) in [6.45, 7) is 1.85. The largest absolute Gasteiger partial charge is 0.403 e. The van der Waals surface area contributed by atoms with Gasteiger partial charge in [-0.1, -0.05) is 5.16 Å². The fraction of sp³-hybridized carbons (Fsp3) is 0.615. The van der Waals surface area contributed by atoms with Crippen molar-refractivity contribution in [1.29, 1.82) is 0 Å². The zero-order valence-corrected chi connectivity index (χ0v) is 22.7. The third-order valence-corrected chi connectivity index (χ3v) is 9.60. The molecule has 2 amide bonds. The summed E-state index contributed by atoms with van der Waals surface area (Å²) in [6, 6.07) is 0.605. The minimum atomic E-state index is -4.64. The highest BCUT2D eigenvalue weighted by atomic mass is 19.4. The Morgan fingerprint density at radius 3 is 2.33 bits per heavy atom. The van der Waals surface area contributed by atoms with Crippen LogP contribution in [0.2, 0.25) is 0 Å². The van der Waals surface area contributed by atoms with E-state index in [4.69, 9.17) is 4.52 Å². The number of likely N-dealkylation sites (tertiary alicyclic amines) is 2. The van der Waals surface area contributed by atoms with Gasteiger partial charge in [0.15, 0.2) is 5.82 Å². The second-order valence-electron chi connectivity index (χ2n) is 12.3. The van der Waals surface area contributed by atoms with E-state index in [9.17, 15) is 35.9 Å². The molecule has 2 saturated heterocycles. The van der Waals surface area contributed by atoms with Crippen LogP contribution >= 0.6 is 0 Å². The minimum absolute atomic E-state index is 0.0229. The lowest BCUT2D eigenvalue weighted by Crippen LogP contribution is -2.64. The summed E-state index contributed by atoms with van der Waals surface area (Å²) < 4.78 is 88.5. The number of carbonyl (C=O) groups is 2. The Bertz CT molecular complexity index is 1560. The maximum atomic E-state index is 13.6. The molecule has 3 aromatic rings. The summed E-state index contributed by atoms with van der Waals surface area (Å²) in [6.07, 6.45) is -5.43. The topological polar surface area (TPSA) is 126 Å². The number of aromatic nitrogens is 6. The van der Waals surface area contributed by atoms with Crippen LogP contribution in [0.5, 0.6) is 0 Å². The van der Waals surface area contributed by atoms with Crippen molar-refractivity contribution in [3.05, 3.63) is 47.6 Å². The monoisotopic (exact) mass is 612 g/mol. The van der Waals surface area contributed by atoms with Crippen LogP contribution in [0, 0.1) is 10.8 Å². The maximum absolute atomic E-state index is 13.6. The Kier molecular flexibility index (Phi) is 5.71. The van der Waals surface area contributed by atoms with Gasteiger partial charge in [-0.15, -0.1) is 0 Å². The Labute approximate surface area is 239 Å². The lowest BCUT2D eigenvalue weighted by atomic mass is 9.70. The van der Waals surface area contributed by atoms with Crippen LogP contribution in [-0.4, -0.2) is 90.3 Å². The SMILES string of the molecule is CC(c1nc(C2CN(C(=O)c3cn[nH]c3)CC23CN(C(=O)C2(C(F)(F)F)CC2)C3)no1)n1ccc(C2(C(F)(F)F)CC2)n1. The number of halogens is 6. The van der Waals surface area contributed by atoms with Gasteiger partial charge in [-0.05, 0) is 38.7 Å². The van der Waals surface area contributed by atoms with Crippen molar-refractivity contribution in [3.8, 4) is 0 Å². The normalized spacial score (nSPS) is 24.2. The van der Waals surface area contributed by atoms with E-state index in [0.717, 1.165) is 0 Å². The summed E-state index contributed by atoms with van der Waals surface area (Å²) in [5.74, 6) is -1.64. The summed E-state index contributed by atoms with van der Waals surface area (Å²) >= 11 is 0. The molecule has 5 heterocycles. The third-order valence-electron chi connectivity index (χ3n) is 9.60. The van der Waals surface area contributed by atoms with Crippen molar-refractivity contribution in [2.45, 2.75) is 62.3 Å². The minimum Gasteiger partial charge on any atom is -0.340 e. The summed E-state index contributed by atoms with van der Waals surface area (Å²) in [5, 5.41) is 14.6. The molecule has 0 bridgehead atoms. The van der Waals surface area contributed by atoms with Gasteiger partial charge in [-0.25, -0.2) is 0 Å². The van der Waals surface area contributed by atoms with Gasteiger partial charge in [0.2, 0.25) is 5.91 Å². The average Bonchev–Trinajstić information content (AvgIpc) is 3.59. The predicted molar refractivity (Wildman–Crippen MR) is 131 cm³/mol. The molecule has 2 aliphatic carbocycles. The average molecular weight is 613 g/mol. The number of carbonyl (C=O) groups excluding carboxylic acids is 2. The number of alkyl halides is 6. The van der Waals surface area contributed by atoms with E-state index in [2.05, 4.69) is 25.4 Å². The zero-order chi connectivity index (χ0) is 30.6. The Balaban J connectivity index is 1.13. The van der Waals surface area contributed by atoms with Crippen molar-refractivity contribution < 1.29 is 40.5 Å². The number of hydrogen-bond donors (Lipinski definition) is 1. The third kappa shape index (κ3) is 4.09. The molecule has 2 saturated carbocycles. The maximum Gasteiger partial charge on any atom is 0.403 e. The van der Waals surface area contributed by atoms with E-state index in [1.54, 1.807) is 6.92 Å². The molecule has 7 rings (SSSR count). The summed E-state index contributed by atoms with van der Waals surface area (Å²) in [4.78, 5) is 33.3. The molecule has 3 aromatic heterocycles. The molecule has 230 valence electrons. The number of H-pyrrole nitrogens is 1. The molecule has 2 aliphatic heterocycles.